The summed E-state index contributed by atoms with van der Waals surface area (Å²) < 4.78 is 23.0. The molecule has 36 heavy (non-hydrogen) atoms. The number of amides is 1. The van der Waals surface area contributed by atoms with Gasteiger partial charge in [0.1, 0.15) is 27.3 Å². The second-order valence-electron chi connectivity index (χ2n) is 10.8. The van der Waals surface area contributed by atoms with Gasteiger partial charge in [-0.2, -0.15) is 5.26 Å². The Hall–Kier alpha value is -2.87. The lowest BCUT2D eigenvalue weighted by atomic mass is 9.77. The van der Waals surface area contributed by atoms with Crippen molar-refractivity contribution >= 4 is 27.0 Å². The van der Waals surface area contributed by atoms with E-state index in [1.807, 2.05) is 18.2 Å². The van der Waals surface area contributed by atoms with Gasteiger partial charge >= 0.3 is 5.91 Å². The summed E-state index contributed by atoms with van der Waals surface area (Å²) in [5.74, 6) is 0.339. The van der Waals surface area contributed by atoms with Gasteiger partial charge < -0.3 is 9.88 Å². The smallest absolute Gasteiger partial charge is 0.322 e. The highest BCUT2D eigenvalue weighted by Gasteiger charge is 2.28. The highest BCUT2D eigenvalue weighted by atomic mass is 32.2. The van der Waals surface area contributed by atoms with Crippen LogP contribution in [0.25, 0.3) is 5.57 Å². The number of aromatic amines is 1. The number of primary amides is 1. The molecule has 0 unspecified atom stereocenters. The van der Waals surface area contributed by atoms with E-state index in [2.05, 4.69) is 34.8 Å². The standard InChI is InChI=1S/C26H34N6O3S/c1-26(2)10-6-19(7-11-26)23-22(31-25(33)24-28-17-20(16-27)29-24)5-4-21(30-23)18-8-12-32(13-9-18)14-15-36(3,34)35/h4-6,17-18H,7-15H2,1-3H3,(H,28,29)(H,31,33)/p+1. The van der Waals surface area contributed by atoms with Crippen LogP contribution in [0.3, 0.4) is 0 Å². The van der Waals surface area contributed by atoms with Crippen LogP contribution in [-0.4, -0.2) is 65.8 Å². The van der Waals surface area contributed by atoms with Gasteiger partial charge in [0.2, 0.25) is 5.82 Å². The Morgan fingerprint density at radius 3 is 2.67 bits per heavy atom. The minimum absolute atomic E-state index is 0.141. The number of rotatable bonds is 7. The number of piperidine rings is 1. The third-order valence-electron chi connectivity index (χ3n) is 7.22. The Labute approximate surface area is 212 Å². The Morgan fingerprint density at radius 2 is 2.06 bits per heavy atom. The summed E-state index contributed by atoms with van der Waals surface area (Å²) in [7, 11) is -2.96. The van der Waals surface area contributed by atoms with Crippen molar-refractivity contribution in [2.75, 3.05) is 31.6 Å². The summed E-state index contributed by atoms with van der Waals surface area (Å²) in [6.45, 7) is 6.80. The molecular formula is C26H35N6O3S+. The Morgan fingerprint density at radius 1 is 1.31 bits per heavy atom. The number of sulfone groups is 1. The number of carbonyl (C=O) groups is 1. The fourth-order valence-corrected chi connectivity index (χ4v) is 5.43. The number of hydrogen-bond acceptors (Lipinski definition) is 7. The summed E-state index contributed by atoms with van der Waals surface area (Å²) in [4.78, 5) is 27.0. The molecule has 192 valence electrons. The monoisotopic (exact) mass is 511 g/mol. The molecule has 2 aromatic rings. The number of nitriles is 1. The Kier molecular flexibility index (Phi) is 7.73. The quantitative estimate of drug-likeness (QED) is 0.583. The maximum atomic E-state index is 12.9. The average Bonchev–Trinajstić information content (AvgIpc) is 3.33. The molecule has 0 atom stereocenters. The van der Waals surface area contributed by atoms with Crippen LogP contribution in [0.1, 0.15) is 79.6 Å². The Balaban J connectivity index is 1.54. The molecule has 0 aromatic carbocycles. The minimum atomic E-state index is -2.96. The largest absolute Gasteiger partial charge is 0.383 e. The first-order valence-corrected chi connectivity index (χ1v) is 14.5. The molecule has 0 bridgehead atoms. The van der Waals surface area contributed by atoms with Crippen molar-refractivity contribution in [3.8, 4) is 6.07 Å². The SMILES string of the molecule is CC1(C)CC=C(c2nc(C3CCN(CCS(C)(=O)=O)CC3)ccc2[NH2+]C(=O)c2ncc(C#N)[nH]2)CC1. The second kappa shape index (κ2) is 10.6. The van der Waals surface area contributed by atoms with E-state index in [-0.39, 0.29) is 28.6 Å². The van der Waals surface area contributed by atoms with E-state index >= 15 is 0 Å². The van der Waals surface area contributed by atoms with Crippen molar-refractivity contribution in [1.29, 1.82) is 5.26 Å². The van der Waals surface area contributed by atoms with Crippen LogP contribution in [0.5, 0.6) is 0 Å². The maximum absolute atomic E-state index is 12.9. The van der Waals surface area contributed by atoms with Gasteiger partial charge in [-0.1, -0.05) is 19.9 Å². The molecule has 3 N–H and O–H groups in total. The molecule has 1 aliphatic heterocycles. The third kappa shape index (κ3) is 6.66. The average molecular weight is 512 g/mol. The first-order chi connectivity index (χ1) is 17.0. The van der Waals surface area contributed by atoms with Crippen molar-refractivity contribution in [1.82, 2.24) is 19.9 Å². The predicted octanol–water partition coefficient (Wildman–Crippen LogP) is 2.53. The van der Waals surface area contributed by atoms with E-state index in [9.17, 15) is 13.2 Å². The van der Waals surface area contributed by atoms with E-state index in [4.69, 9.17) is 10.2 Å². The lowest BCUT2D eigenvalue weighted by Crippen LogP contribution is -2.82. The van der Waals surface area contributed by atoms with Gasteiger partial charge in [0, 0.05) is 30.5 Å². The number of likely N-dealkylation sites (tertiary alicyclic amines) is 1. The van der Waals surface area contributed by atoms with Crippen LogP contribution in [0.2, 0.25) is 0 Å². The van der Waals surface area contributed by atoms with Crippen molar-refractivity contribution < 1.29 is 18.5 Å². The molecule has 4 rings (SSSR count). The first-order valence-electron chi connectivity index (χ1n) is 12.5. The van der Waals surface area contributed by atoms with E-state index in [0.717, 1.165) is 67.8 Å². The lowest BCUT2D eigenvalue weighted by molar-refractivity contribution is -0.465. The van der Waals surface area contributed by atoms with Crippen molar-refractivity contribution in [3.63, 3.8) is 0 Å². The highest BCUT2D eigenvalue weighted by Crippen LogP contribution is 2.39. The van der Waals surface area contributed by atoms with Gasteiger partial charge in [0.25, 0.3) is 0 Å². The number of nitrogens with zero attached hydrogens (tertiary/aromatic N) is 4. The molecule has 9 nitrogen and oxygen atoms in total. The molecule has 10 heteroatoms. The maximum Gasteiger partial charge on any atom is 0.383 e. The van der Waals surface area contributed by atoms with Crippen molar-refractivity contribution in [2.24, 2.45) is 5.41 Å². The summed E-state index contributed by atoms with van der Waals surface area (Å²) in [6, 6.07) is 5.94. The van der Waals surface area contributed by atoms with Crippen LogP contribution in [0.15, 0.2) is 24.4 Å². The zero-order valence-corrected chi connectivity index (χ0v) is 22.1. The zero-order valence-electron chi connectivity index (χ0n) is 21.2. The molecule has 2 aliphatic rings. The third-order valence-corrected chi connectivity index (χ3v) is 8.15. The molecular weight excluding hydrogens is 476 g/mol. The number of quaternary nitrogens is 1. The van der Waals surface area contributed by atoms with Gasteiger partial charge in [0.15, 0.2) is 5.69 Å². The number of pyridine rings is 1. The number of allylic oxidation sites excluding steroid dienone is 2. The van der Waals surface area contributed by atoms with Gasteiger partial charge in [0.05, 0.1) is 11.9 Å². The van der Waals surface area contributed by atoms with E-state index < -0.39 is 9.84 Å². The highest BCUT2D eigenvalue weighted by molar-refractivity contribution is 7.90. The summed E-state index contributed by atoms with van der Waals surface area (Å²) >= 11 is 0. The van der Waals surface area contributed by atoms with Crippen LogP contribution < -0.4 is 5.32 Å². The van der Waals surface area contributed by atoms with Gasteiger partial charge in [-0.3, -0.25) is 0 Å². The zero-order chi connectivity index (χ0) is 25.9. The van der Waals surface area contributed by atoms with Crippen LogP contribution in [0, 0.1) is 16.7 Å². The predicted molar refractivity (Wildman–Crippen MR) is 137 cm³/mol. The molecule has 0 spiro atoms. The van der Waals surface area contributed by atoms with Crippen molar-refractivity contribution in [2.45, 2.75) is 51.9 Å². The number of aromatic nitrogens is 3. The first kappa shape index (κ1) is 26.2. The van der Waals surface area contributed by atoms with E-state index in [0.29, 0.717) is 12.5 Å². The molecule has 2 aromatic heterocycles. The van der Waals surface area contributed by atoms with E-state index in [1.54, 1.807) is 5.32 Å². The number of nitrogens with two attached hydrogens (primary N) is 1. The Bertz CT molecular complexity index is 1300. The fourth-order valence-electron chi connectivity index (χ4n) is 4.84. The number of nitrogens with one attached hydrogen (secondary N) is 1. The topological polar surface area (TPSA) is 136 Å². The summed E-state index contributed by atoms with van der Waals surface area (Å²) in [6.07, 6.45) is 9.67. The van der Waals surface area contributed by atoms with E-state index in [1.165, 1.54) is 12.5 Å². The summed E-state index contributed by atoms with van der Waals surface area (Å²) in [5, 5.41) is 10.6. The lowest BCUT2D eigenvalue weighted by Gasteiger charge is -2.32. The normalized spacial score (nSPS) is 19.0. The fraction of sp³-hybridized carbons (Fsp3) is 0.538. The van der Waals surface area contributed by atoms with Gasteiger partial charge in [-0.15, -0.1) is 0 Å². The number of carbonyl (C=O) groups excluding carboxylic acids is 1. The van der Waals surface area contributed by atoms with Gasteiger partial charge in [-0.05, 0) is 62.2 Å². The minimum Gasteiger partial charge on any atom is -0.322 e. The molecule has 1 amide bonds. The number of hydrogen-bond donors (Lipinski definition) is 2. The molecule has 3 heterocycles. The molecule has 1 aliphatic carbocycles. The van der Waals surface area contributed by atoms with Gasteiger partial charge in [-0.25, -0.2) is 28.5 Å². The number of H-pyrrole nitrogens is 1. The second-order valence-corrected chi connectivity index (χ2v) is 13.0. The molecule has 1 fully saturated rings. The molecule has 1 saturated heterocycles. The van der Waals surface area contributed by atoms with Crippen LogP contribution >= 0.6 is 0 Å². The number of imidazole rings is 1. The van der Waals surface area contributed by atoms with Crippen molar-refractivity contribution in [3.05, 3.63) is 47.3 Å². The van der Waals surface area contributed by atoms with Crippen LogP contribution in [-0.2, 0) is 9.84 Å². The molecule has 0 radical (unpaired) electrons. The molecule has 0 saturated carbocycles. The summed E-state index contributed by atoms with van der Waals surface area (Å²) in [5.41, 5.74) is 4.30. The van der Waals surface area contributed by atoms with Crippen LogP contribution in [0.4, 0.5) is 5.69 Å².